The Labute approximate surface area is 133 Å². The molecule has 1 N–H and O–H groups in total. The number of hydrogen-bond donors (Lipinski definition) is 1. The number of hydrogen-bond acceptors (Lipinski definition) is 4. The highest BCUT2D eigenvalue weighted by Crippen LogP contribution is 2.27. The molecular formula is C17H19N3OS. The molecule has 1 aromatic carbocycles. The third-order valence-electron chi connectivity index (χ3n) is 3.66. The van der Waals surface area contributed by atoms with Crippen LogP contribution in [0.25, 0.3) is 16.5 Å². The van der Waals surface area contributed by atoms with E-state index < -0.39 is 0 Å². The van der Waals surface area contributed by atoms with E-state index in [-0.39, 0.29) is 5.56 Å². The lowest BCUT2D eigenvalue weighted by molar-refractivity contribution is 0.817. The number of fused-ring (bicyclic) bond motifs is 1. The maximum Gasteiger partial charge on any atom is 0.280 e. The van der Waals surface area contributed by atoms with E-state index in [0.717, 1.165) is 45.7 Å². The molecule has 114 valence electrons. The van der Waals surface area contributed by atoms with Crippen LogP contribution in [0.3, 0.4) is 0 Å². The van der Waals surface area contributed by atoms with E-state index in [4.69, 9.17) is 0 Å². The number of benzene rings is 1. The minimum Gasteiger partial charge on any atom is -0.368 e. The van der Waals surface area contributed by atoms with Crippen LogP contribution >= 0.6 is 11.3 Å². The first-order valence-corrected chi connectivity index (χ1v) is 8.32. The third kappa shape index (κ3) is 2.52. The number of nitrogens with one attached hydrogen (secondary N) is 1. The van der Waals surface area contributed by atoms with Gasteiger partial charge in [-0.2, -0.15) is 4.68 Å². The van der Waals surface area contributed by atoms with Gasteiger partial charge in [0, 0.05) is 22.2 Å². The van der Waals surface area contributed by atoms with E-state index in [1.807, 2.05) is 43.5 Å². The molecule has 0 saturated carbocycles. The van der Waals surface area contributed by atoms with Crippen molar-refractivity contribution >= 4 is 27.9 Å². The first-order valence-electron chi connectivity index (χ1n) is 7.44. The second-order valence-electron chi connectivity index (χ2n) is 5.41. The van der Waals surface area contributed by atoms with Gasteiger partial charge in [-0.3, -0.25) is 4.79 Å². The summed E-state index contributed by atoms with van der Waals surface area (Å²) >= 11 is 1.59. The predicted molar refractivity (Wildman–Crippen MR) is 93.5 cm³/mol. The summed E-state index contributed by atoms with van der Waals surface area (Å²) in [6.45, 7) is 6.96. The fourth-order valence-electron chi connectivity index (χ4n) is 2.43. The van der Waals surface area contributed by atoms with Crippen molar-refractivity contribution in [3.05, 3.63) is 50.4 Å². The van der Waals surface area contributed by atoms with Gasteiger partial charge in [-0.05, 0) is 32.4 Å². The number of anilines is 1. The van der Waals surface area contributed by atoms with Crippen LogP contribution in [0.2, 0.25) is 0 Å². The molecule has 0 fully saturated rings. The van der Waals surface area contributed by atoms with E-state index in [9.17, 15) is 4.79 Å². The van der Waals surface area contributed by atoms with Gasteiger partial charge in [-0.15, -0.1) is 16.4 Å². The molecule has 0 unspecified atom stereocenters. The number of thiophene rings is 1. The lowest BCUT2D eigenvalue weighted by Crippen LogP contribution is -2.23. The average Bonchev–Trinajstić information content (AvgIpc) is 2.90. The number of rotatable bonds is 4. The molecule has 4 nitrogen and oxygen atoms in total. The molecule has 3 aromatic rings. The number of nitrogens with zero attached hydrogens (tertiary/aromatic N) is 2. The van der Waals surface area contributed by atoms with Crippen LogP contribution < -0.4 is 10.9 Å². The maximum atomic E-state index is 12.8. The summed E-state index contributed by atoms with van der Waals surface area (Å²) in [5.41, 5.74) is 1.90. The minimum absolute atomic E-state index is 0.0559. The smallest absolute Gasteiger partial charge is 0.280 e. The Balaban J connectivity index is 2.25. The fraction of sp³-hybridized carbons (Fsp3) is 0.294. The summed E-state index contributed by atoms with van der Waals surface area (Å²) < 4.78 is 1.50. The zero-order valence-electron chi connectivity index (χ0n) is 13.0. The summed E-state index contributed by atoms with van der Waals surface area (Å²) in [5, 5.41) is 11.6. The molecule has 3 rings (SSSR count). The Hall–Kier alpha value is -2.14. The Morgan fingerprint density at radius 1 is 1.23 bits per heavy atom. The van der Waals surface area contributed by atoms with Crippen molar-refractivity contribution < 1.29 is 0 Å². The lowest BCUT2D eigenvalue weighted by atomic mass is 10.2. The molecule has 5 heteroatoms. The van der Waals surface area contributed by atoms with Gasteiger partial charge in [0.15, 0.2) is 5.82 Å². The average molecular weight is 313 g/mol. The van der Waals surface area contributed by atoms with Gasteiger partial charge in [0.25, 0.3) is 5.56 Å². The van der Waals surface area contributed by atoms with Gasteiger partial charge in [0.2, 0.25) is 0 Å². The number of aromatic nitrogens is 2. The SMILES string of the molecule is CCCNc1nn(-c2ccc(C)cc2)c(=O)c2c(C)scc12. The predicted octanol–water partition coefficient (Wildman–Crippen LogP) is 3.89. The van der Waals surface area contributed by atoms with Crippen molar-refractivity contribution in [2.24, 2.45) is 0 Å². The Kier molecular flexibility index (Phi) is 3.98. The van der Waals surface area contributed by atoms with Crippen molar-refractivity contribution in [3.8, 4) is 5.69 Å². The summed E-state index contributed by atoms with van der Waals surface area (Å²) in [6.07, 6.45) is 1.01. The van der Waals surface area contributed by atoms with Crippen LogP contribution in [0.15, 0.2) is 34.4 Å². The molecule has 0 spiro atoms. The maximum absolute atomic E-state index is 12.8. The van der Waals surface area contributed by atoms with Gasteiger partial charge in [-0.25, -0.2) is 0 Å². The van der Waals surface area contributed by atoms with Crippen molar-refractivity contribution in [2.75, 3.05) is 11.9 Å². The van der Waals surface area contributed by atoms with Crippen LogP contribution in [-0.2, 0) is 0 Å². The first kappa shape index (κ1) is 14.8. The molecule has 0 radical (unpaired) electrons. The van der Waals surface area contributed by atoms with Gasteiger partial charge in [-0.1, -0.05) is 24.6 Å². The molecular weight excluding hydrogens is 294 g/mol. The van der Waals surface area contributed by atoms with Crippen molar-refractivity contribution in [1.82, 2.24) is 9.78 Å². The van der Waals surface area contributed by atoms with E-state index in [0.29, 0.717) is 0 Å². The van der Waals surface area contributed by atoms with Crippen LogP contribution in [0.5, 0.6) is 0 Å². The first-order chi connectivity index (χ1) is 10.6. The standard InChI is InChI=1S/C17H19N3OS/c1-4-9-18-16-14-10-22-12(3)15(14)17(21)20(19-16)13-7-5-11(2)6-8-13/h5-8,10H,4,9H2,1-3H3,(H,18,19). The van der Waals surface area contributed by atoms with Crippen LogP contribution in [-0.4, -0.2) is 16.3 Å². The molecule has 2 heterocycles. The third-order valence-corrected chi connectivity index (χ3v) is 4.57. The molecule has 0 bridgehead atoms. The summed E-state index contributed by atoms with van der Waals surface area (Å²) in [6, 6.07) is 7.85. The highest BCUT2D eigenvalue weighted by atomic mass is 32.1. The molecule has 0 saturated heterocycles. The van der Waals surface area contributed by atoms with Crippen molar-refractivity contribution in [3.63, 3.8) is 0 Å². The Morgan fingerprint density at radius 2 is 1.95 bits per heavy atom. The van der Waals surface area contributed by atoms with Gasteiger partial charge in [0.1, 0.15) is 0 Å². The van der Waals surface area contributed by atoms with E-state index >= 15 is 0 Å². The Morgan fingerprint density at radius 3 is 2.64 bits per heavy atom. The van der Waals surface area contributed by atoms with Gasteiger partial charge >= 0.3 is 0 Å². The largest absolute Gasteiger partial charge is 0.368 e. The molecule has 0 atom stereocenters. The van der Waals surface area contributed by atoms with Gasteiger partial charge in [0.05, 0.1) is 11.1 Å². The normalized spacial score (nSPS) is 11.0. The molecule has 0 aliphatic carbocycles. The monoisotopic (exact) mass is 313 g/mol. The molecule has 0 aliphatic heterocycles. The zero-order chi connectivity index (χ0) is 15.7. The summed E-state index contributed by atoms with van der Waals surface area (Å²) in [7, 11) is 0. The van der Waals surface area contributed by atoms with E-state index in [1.165, 1.54) is 4.68 Å². The minimum atomic E-state index is -0.0559. The van der Waals surface area contributed by atoms with Crippen molar-refractivity contribution in [1.29, 1.82) is 0 Å². The molecule has 0 aliphatic rings. The van der Waals surface area contributed by atoms with Crippen LogP contribution in [0.1, 0.15) is 23.8 Å². The summed E-state index contributed by atoms with van der Waals surface area (Å²) in [4.78, 5) is 13.8. The molecule has 0 amide bonds. The van der Waals surface area contributed by atoms with Crippen LogP contribution in [0, 0.1) is 13.8 Å². The second kappa shape index (κ2) is 5.93. The second-order valence-corrected chi connectivity index (χ2v) is 6.49. The fourth-order valence-corrected chi connectivity index (χ4v) is 3.27. The topological polar surface area (TPSA) is 46.9 Å². The molecule has 22 heavy (non-hydrogen) atoms. The number of aryl methyl sites for hydroxylation is 2. The van der Waals surface area contributed by atoms with E-state index in [2.05, 4.69) is 17.3 Å². The van der Waals surface area contributed by atoms with Crippen LogP contribution in [0.4, 0.5) is 5.82 Å². The quantitative estimate of drug-likeness (QED) is 0.795. The highest BCUT2D eigenvalue weighted by molar-refractivity contribution is 7.11. The van der Waals surface area contributed by atoms with E-state index in [1.54, 1.807) is 11.3 Å². The lowest BCUT2D eigenvalue weighted by Gasteiger charge is -2.11. The highest BCUT2D eigenvalue weighted by Gasteiger charge is 2.15. The summed E-state index contributed by atoms with van der Waals surface area (Å²) in [5.74, 6) is 0.779. The Bertz CT molecular complexity index is 862. The zero-order valence-corrected chi connectivity index (χ0v) is 13.8. The molecule has 2 aromatic heterocycles. The van der Waals surface area contributed by atoms with Gasteiger partial charge < -0.3 is 5.32 Å². The van der Waals surface area contributed by atoms with Crippen molar-refractivity contribution in [2.45, 2.75) is 27.2 Å².